The molecule has 2 atom stereocenters. The molecule has 5 nitrogen and oxygen atoms in total. The number of hydrogen-bond acceptors (Lipinski definition) is 5. The number of anilines is 3. The van der Waals surface area contributed by atoms with E-state index in [4.69, 9.17) is 9.47 Å². The fourth-order valence-electron chi connectivity index (χ4n) is 9.52. The molecule has 5 aromatic carbocycles. The van der Waals surface area contributed by atoms with Crippen LogP contribution < -0.4 is 14.4 Å². The Bertz CT molecular complexity index is 2150. The van der Waals surface area contributed by atoms with Crippen LogP contribution in [0.1, 0.15) is 141 Å². The van der Waals surface area contributed by atoms with E-state index in [1.807, 2.05) is 54.6 Å². The van der Waals surface area contributed by atoms with Gasteiger partial charge < -0.3 is 14.4 Å². The van der Waals surface area contributed by atoms with E-state index in [1.54, 1.807) is 0 Å². The van der Waals surface area contributed by atoms with Crippen LogP contribution in [-0.4, -0.2) is 0 Å². The van der Waals surface area contributed by atoms with Crippen molar-refractivity contribution in [2.24, 2.45) is 0 Å². The summed E-state index contributed by atoms with van der Waals surface area (Å²) < 4.78 is 13.1. The van der Waals surface area contributed by atoms with E-state index in [1.165, 1.54) is 12.8 Å². The zero-order chi connectivity index (χ0) is 37.2. The summed E-state index contributed by atoms with van der Waals surface area (Å²) in [5.41, 5.74) is 9.63. The number of nitriles is 2. The minimum absolute atomic E-state index is 0.0430. The predicted octanol–water partition coefficient (Wildman–Crippen LogP) is 14.1. The maximum Gasteiger partial charge on any atom is 0.151 e. The molecular formula is C49H49N3O2. The summed E-state index contributed by atoms with van der Waals surface area (Å²) >= 11 is 0. The Morgan fingerprint density at radius 2 is 1.09 bits per heavy atom. The first-order valence-electron chi connectivity index (χ1n) is 20.0. The number of benzene rings is 5. The van der Waals surface area contributed by atoms with Crippen molar-refractivity contribution in [1.82, 2.24) is 0 Å². The normalized spacial score (nSPS) is 16.9. The molecule has 3 aliphatic rings. The first-order chi connectivity index (χ1) is 26.5. The van der Waals surface area contributed by atoms with E-state index in [0.29, 0.717) is 11.1 Å². The van der Waals surface area contributed by atoms with Gasteiger partial charge in [-0.2, -0.15) is 10.5 Å². The molecule has 0 aromatic heterocycles. The zero-order valence-corrected chi connectivity index (χ0v) is 31.8. The van der Waals surface area contributed by atoms with E-state index in [0.717, 1.165) is 119 Å². The average Bonchev–Trinajstić information content (AvgIpc) is 3.23. The molecule has 272 valence electrons. The smallest absolute Gasteiger partial charge is 0.151 e. The maximum absolute atomic E-state index is 11.5. The minimum atomic E-state index is -0.140. The van der Waals surface area contributed by atoms with Gasteiger partial charge in [-0.1, -0.05) is 113 Å². The maximum atomic E-state index is 11.5. The monoisotopic (exact) mass is 711 g/mol. The van der Waals surface area contributed by atoms with Gasteiger partial charge in [0.05, 0.1) is 40.3 Å². The third-order valence-electron chi connectivity index (χ3n) is 12.4. The fourth-order valence-corrected chi connectivity index (χ4v) is 9.52. The molecule has 5 aromatic rings. The molecule has 54 heavy (non-hydrogen) atoms. The van der Waals surface area contributed by atoms with Crippen LogP contribution in [0.2, 0.25) is 0 Å². The van der Waals surface area contributed by atoms with Gasteiger partial charge in [0.15, 0.2) is 11.5 Å². The second kappa shape index (κ2) is 15.5. The summed E-state index contributed by atoms with van der Waals surface area (Å²) in [5.74, 6) is 3.44. The third kappa shape index (κ3) is 6.41. The van der Waals surface area contributed by atoms with E-state index in [-0.39, 0.29) is 23.7 Å². The molecular weight excluding hydrogens is 663 g/mol. The van der Waals surface area contributed by atoms with Crippen molar-refractivity contribution in [3.8, 4) is 35.1 Å². The van der Waals surface area contributed by atoms with Gasteiger partial charge in [-0.05, 0) is 120 Å². The quantitative estimate of drug-likeness (QED) is 0.157. The first kappa shape index (κ1) is 35.5. The Labute approximate surface area is 320 Å². The van der Waals surface area contributed by atoms with Gasteiger partial charge in [-0.15, -0.1) is 0 Å². The van der Waals surface area contributed by atoms with Gasteiger partial charge in [0.2, 0.25) is 0 Å². The zero-order valence-electron chi connectivity index (χ0n) is 31.8. The highest BCUT2D eigenvalue weighted by atomic mass is 16.5. The summed E-state index contributed by atoms with van der Waals surface area (Å²) in [5, 5.41) is 23.0. The standard InChI is InChI=1S/C49H49N3O2/c1-32-18-10-14-26-42(32)53-43-27-15-11-23-37(43)33(2)34(3)46-38(30-50)47(35-19-6-4-7-20-35)49(48(39(46)31-51)36-21-8-5-9-22-36)52-40-24-12-16-28-44(40)54-45-29-17-13-25-41(45)52/h10-18,23-29,33-36H,4-9,19-22H2,1-3H3. The summed E-state index contributed by atoms with van der Waals surface area (Å²) in [4.78, 5) is 2.37. The number of hydrogen-bond donors (Lipinski definition) is 0. The van der Waals surface area contributed by atoms with Crippen molar-refractivity contribution in [3.63, 3.8) is 0 Å². The summed E-state index contributed by atoms with van der Waals surface area (Å²) in [6, 6.07) is 38.5. The lowest BCUT2D eigenvalue weighted by atomic mass is 9.70. The van der Waals surface area contributed by atoms with Crippen molar-refractivity contribution < 1.29 is 9.47 Å². The Morgan fingerprint density at radius 3 is 1.63 bits per heavy atom. The molecule has 1 heterocycles. The van der Waals surface area contributed by atoms with Crippen molar-refractivity contribution in [1.29, 1.82) is 10.5 Å². The molecule has 2 fully saturated rings. The molecule has 5 heteroatoms. The second-order valence-electron chi connectivity index (χ2n) is 15.6. The molecule has 2 saturated carbocycles. The number of rotatable bonds is 8. The molecule has 0 amide bonds. The van der Waals surface area contributed by atoms with Crippen molar-refractivity contribution in [2.75, 3.05) is 4.90 Å². The minimum Gasteiger partial charge on any atom is -0.457 e. The van der Waals surface area contributed by atoms with Gasteiger partial charge in [0, 0.05) is 0 Å². The van der Waals surface area contributed by atoms with Crippen LogP contribution in [0.3, 0.4) is 0 Å². The molecule has 2 unspecified atom stereocenters. The Morgan fingerprint density at radius 1 is 0.611 bits per heavy atom. The Hall–Kier alpha value is -5.52. The van der Waals surface area contributed by atoms with Gasteiger partial charge >= 0.3 is 0 Å². The largest absolute Gasteiger partial charge is 0.457 e. The molecule has 0 radical (unpaired) electrons. The van der Waals surface area contributed by atoms with Crippen LogP contribution in [0, 0.1) is 29.6 Å². The number of fused-ring (bicyclic) bond motifs is 2. The van der Waals surface area contributed by atoms with Crippen LogP contribution in [0.5, 0.6) is 23.0 Å². The Balaban J connectivity index is 1.40. The fraction of sp³-hybridized carbons (Fsp3) is 0.347. The van der Waals surface area contributed by atoms with E-state index in [9.17, 15) is 10.5 Å². The first-order valence-corrected chi connectivity index (χ1v) is 20.0. The molecule has 0 saturated heterocycles. The highest BCUT2D eigenvalue weighted by molar-refractivity contribution is 5.91. The van der Waals surface area contributed by atoms with Gasteiger partial charge in [-0.25, -0.2) is 0 Å². The summed E-state index contributed by atoms with van der Waals surface area (Å²) in [6.07, 6.45) is 11.1. The number of para-hydroxylation sites is 6. The number of aryl methyl sites for hydroxylation is 1. The summed E-state index contributed by atoms with van der Waals surface area (Å²) in [7, 11) is 0. The SMILES string of the molecule is Cc1ccccc1Oc1ccccc1C(C)C(C)c1c(C#N)c(C2CCCCC2)c(N2c3ccccc3Oc3ccccc32)c(C2CCCCC2)c1C#N. The Kier molecular flexibility index (Phi) is 10.2. The van der Waals surface area contributed by atoms with Crippen LogP contribution in [-0.2, 0) is 0 Å². The second-order valence-corrected chi connectivity index (χ2v) is 15.6. The van der Waals surface area contributed by atoms with E-state index in [2.05, 4.69) is 80.3 Å². The number of nitrogens with zero attached hydrogens (tertiary/aromatic N) is 3. The van der Waals surface area contributed by atoms with Crippen molar-refractivity contribution in [2.45, 2.75) is 109 Å². The summed E-state index contributed by atoms with van der Waals surface area (Å²) in [6.45, 7) is 6.52. The van der Waals surface area contributed by atoms with Gasteiger partial charge in [0.25, 0.3) is 0 Å². The van der Waals surface area contributed by atoms with Gasteiger partial charge in [0.1, 0.15) is 11.5 Å². The molecule has 8 rings (SSSR count). The highest BCUT2D eigenvalue weighted by Crippen LogP contribution is 2.58. The lowest BCUT2D eigenvalue weighted by Crippen LogP contribution is -2.25. The molecule has 1 aliphatic heterocycles. The third-order valence-corrected chi connectivity index (χ3v) is 12.4. The van der Waals surface area contributed by atoms with Crippen LogP contribution in [0.15, 0.2) is 97.1 Å². The molecule has 0 spiro atoms. The van der Waals surface area contributed by atoms with Crippen LogP contribution >= 0.6 is 0 Å². The topological polar surface area (TPSA) is 69.3 Å². The van der Waals surface area contributed by atoms with Crippen LogP contribution in [0.25, 0.3) is 0 Å². The van der Waals surface area contributed by atoms with Gasteiger partial charge in [-0.3, -0.25) is 0 Å². The van der Waals surface area contributed by atoms with Crippen LogP contribution in [0.4, 0.5) is 17.1 Å². The van der Waals surface area contributed by atoms with E-state index < -0.39 is 0 Å². The van der Waals surface area contributed by atoms with Crippen molar-refractivity contribution >= 4 is 17.1 Å². The van der Waals surface area contributed by atoms with Crippen molar-refractivity contribution in [3.05, 3.63) is 136 Å². The number of ether oxygens (including phenoxy) is 2. The molecule has 0 bridgehead atoms. The van der Waals surface area contributed by atoms with E-state index >= 15 is 0 Å². The molecule has 2 aliphatic carbocycles. The lowest BCUT2D eigenvalue weighted by Gasteiger charge is -2.41. The predicted molar refractivity (Wildman–Crippen MR) is 217 cm³/mol. The highest BCUT2D eigenvalue weighted by Gasteiger charge is 2.40. The molecule has 0 N–H and O–H groups in total. The lowest BCUT2D eigenvalue weighted by molar-refractivity contribution is 0.433. The average molecular weight is 712 g/mol.